The van der Waals surface area contributed by atoms with E-state index < -0.39 is 5.91 Å². The molecule has 0 spiro atoms. The predicted molar refractivity (Wildman–Crippen MR) is 75.9 cm³/mol. The van der Waals surface area contributed by atoms with Crippen LogP contribution in [0.1, 0.15) is 39.5 Å². The van der Waals surface area contributed by atoms with Gasteiger partial charge in [0.1, 0.15) is 5.75 Å². The molecule has 1 atom stereocenters. The van der Waals surface area contributed by atoms with Gasteiger partial charge in [-0.2, -0.15) is 0 Å². The van der Waals surface area contributed by atoms with E-state index in [0.29, 0.717) is 5.56 Å². The molecular formula is C16H16N2O2. The van der Waals surface area contributed by atoms with Crippen LogP contribution >= 0.6 is 0 Å². The SMILES string of the molecule is COc1ccc2c(c1)CC[C@H]2c1ncccc1C(N)=O. The molecule has 0 bridgehead atoms. The molecule has 1 aliphatic carbocycles. The normalized spacial score (nSPS) is 16.8. The van der Waals surface area contributed by atoms with Crippen molar-refractivity contribution >= 4 is 5.91 Å². The number of aromatic nitrogens is 1. The summed E-state index contributed by atoms with van der Waals surface area (Å²) < 4.78 is 5.25. The maximum Gasteiger partial charge on any atom is 0.250 e. The molecule has 102 valence electrons. The summed E-state index contributed by atoms with van der Waals surface area (Å²) in [5, 5.41) is 0. The molecule has 1 aromatic carbocycles. The van der Waals surface area contributed by atoms with Gasteiger partial charge in [0, 0.05) is 12.1 Å². The second-order valence-electron chi connectivity index (χ2n) is 4.96. The maximum atomic E-state index is 11.6. The van der Waals surface area contributed by atoms with Crippen LogP contribution in [0.5, 0.6) is 5.75 Å². The Labute approximate surface area is 117 Å². The van der Waals surface area contributed by atoms with Gasteiger partial charge in [0.15, 0.2) is 0 Å². The molecule has 4 heteroatoms. The number of hydrogen-bond donors (Lipinski definition) is 1. The van der Waals surface area contributed by atoms with Gasteiger partial charge in [-0.3, -0.25) is 9.78 Å². The number of hydrogen-bond acceptors (Lipinski definition) is 3. The highest BCUT2D eigenvalue weighted by atomic mass is 16.5. The van der Waals surface area contributed by atoms with Gasteiger partial charge in [-0.1, -0.05) is 6.07 Å². The standard InChI is InChI=1S/C16H16N2O2/c1-20-11-5-7-12-10(9-11)4-6-13(12)15-14(16(17)19)3-2-8-18-15/h2-3,5,7-9,13H,4,6H2,1H3,(H2,17,19)/t13-/m1/s1. The Morgan fingerprint density at radius 3 is 3.00 bits per heavy atom. The number of pyridine rings is 1. The molecule has 0 aliphatic heterocycles. The van der Waals surface area contributed by atoms with Crippen molar-refractivity contribution in [3.8, 4) is 5.75 Å². The molecule has 1 heterocycles. The van der Waals surface area contributed by atoms with Crippen LogP contribution in [0.25, 0.3) is 0 Å². The lowest BCUT2D eigenvalue weighted by Crippen LogP contribution is -2.16. The fourth-order valence-corrected chi connectivity index (χ4v) is 2.91. The molecule has 0 unspecified atom stereocenters. The van der Waals surface area contributed by atoms with E-state index in [2.05, 4.69) is 17.1 Å². The number of nitrogens with zero attached hydrogens (tertiary/aromatic N) is 1. The van der Waals surface area contributed by atoms with Crippen LogP contribution in [-0.2, 0) is 6.42 Å². The largest absolute Gasteiger partial charge is 0.497 e. The molecule has 0 saturated carbocycles. The van der Waals surface area contributed by atoms with E-state index in [1.807, 2.05) is 6.07 Å². The number of primary amides is 1. The first-order valence-electron chi connectivity index (χ1n) is 6.62. The fourth-order valence-electron chi connectivity index (χ4n) is 2.91. The van der Waals surface area contributed by atoms with Crippen LogP contribution in [0.2, 0.25) is 0 Å². The van der Waals surface area contributed by atoms with Crippen molar-refractivity contribution in [2.75, 3.05) is 7.11 Å². The van der Waals surface area contributed by atoms with Gasteiger partial charge >= 0.3 is 0 Å². The topological polar surface area (TPSA) is 65.2 Å². The lowest BCUT2D eigenvalue weighted by Gasteiger charge is -2.14. The molecule has 3 rings (SSSR count). The smallest absolute Gasteiger partial charge is 0.250 e. The Morgan fingerprint density at radius 1 is 1.40 bits per heavy atom. The quantitative estimate of drug-likeness (QED) is 0.928. The maximum absolute atomic E-state index is 11.6. The highest BCUT2D eigenvalue weighted by Crippen LogP contribution is 2.39. The van der Waals surface area contributed by atoms with Crippen molar-refractivity contribution in [3.63, 3.8) is 0 Å². The monoisotopic (exact) mass is 268 g/mol. The second-order valence-corrected chi connectivity index (χ2v) is 4.96. The molecule has 1 amide bonds. The van der Waals surface area contributed by atoms with Crippen LogP contribution in [0.4, 0.5) is 0 Å². The Hall–Kier alpha value is -2.36. The fraction of sp³-hybridized carbons (Fsp3) is 0.250. The van der Waals surface area contributed by atoms with Crippen molar-refractivity contribution in [2.45, 2.75) is 18.8 Å². The number of rotatable bonds is 3. The molecular weight excluding hydrogens is 252 g/mol. The molecule has 0 radical (unpaired) electrons. The summed E-state index contributed by atoms with van der Waals surface area (Å²) in [6, 6.07) is 9.55. The average Bonchev–Trinajstić information content (AvgIpc) is 2.89. The second kappa shape index (κ2) is 4.96. The van der Waals surface area contributed by atoms with Gasteiger partial charge < -0.3 is 10.5 Å². The van der Waals surface area contributed by atoms with Crippen LogP contribution in [0, 0.1) is 0 Å². The minimum absolute atomic E-state index is 0.139. The summed E-state index contributed by atoms with van der Waals surface area (Å²) >= 11 is 0. The summed E-state index contributed by atoms with van der Waals surface area (Å²) in [6.45, 7) is 0. The highest BCUT2D eigenvalue weighted by molar-refractivity contribution is 5.94. The summed E-state index contributed by atoms with van der Waals surface area (Å²) in [6.07, 6.45) is 3.62. The first-order chi connectivity index (χ1) is 9.70. The first kappa shape index (κ1) is 12.7. The number of amides is 1. The van der Waals surface area contributed by atoms with Crippen molar-refractivity contribution in [3.05, 3.63) is 58.9 Å². The van der Waals surface area contributed by atoms with E-state index >= 15 is 0 Å². The molecule has 2 aromatic rings. The summed E-state index contributed by atoms with van der Waals surface area (Å²) in [7, 11) is 1.66. The van der Waals surface area contributed by atoms with Gasteiger partial charge in [0.05, 0.1) is 18.4 Å². The number of nitrogens with two attached hydrogens (primary N) is 1. The number of ether oxygens (including phenoxy) is 1. The zero-order valence-corrected chi connectivity index (χ0v) is 11.3. The molecule has 4 nitrogen and oxygen atoms in total. The molecule has 0 saturated heterocycles. The first-order valence-corrected chi connectivity index (χ1v) is 6.62. The van der Waals surface area contributed by atoms with Crippen molar-refractivity contribution < 1.29 is 9.53 Å². The van der Waals surface area contributed by atoms with Gasteiger partial charge in [-0.15, -0.1) is 0 Å². The number of aryl methyl sites for hydroxylation is 1. The zero-order valence-electron chi connectivity index (χ0n) is 11.3. The van der Waals surface area contributed by atoms with E-state index in [0.717, 1.165) is 24.3 Å². The molecule has 1 aromatic heterocycles. The third kappa shape index (κ3) is 2.03. The van der Waals surface area contributed by atoms with Crippen LogP contribution < -0.4 is 10.5 Å². The number of benzene rings is 1. The number of methoxy groups -OCH3 is 1. The van der Waals surface area contributed by atoms with Crippen LogP contribution in [0.15, 0.2) is 36.5 Å². The molecule has 20 heavy (non-hydrogen) atoms. The predicted octanol–water partition coefficient (Wildman–Crippen LogP) is 2.27. The zero-order chi connectivity index (χ0) is 14.1. The average molecular weight is 268 g/mol. The van der Waals surface area contributed by atoms with E-state index in [9.17, 15) is 4.79 Å². The molecule has 0 fully saturated rings. The minimum Gasteiger partial charge on any atom is -0.497 e. The summed E-state index contributed by atoms with van der Waals surface area (Å²) in [5.74, 6) is 0.579. The summed E-state index contributed by atoms with van der Waals surface area (Å²) in [4.78, 5) is 15.9. The van der Waals surface area contributed by atoms with E-state index in [4.69, 9.17) is 10.5 Å². The lowest BCUT2D eigenvalue weighted by molar-refractivity contribution is 0.0998. The number of carbonyl (C=O) groups is 1. The Morgan fingerprint density at radius 2 is 2.25 bits per heavy atom. The van der Waals surface area contributed by atoms with Gasteiger partial charge in [-0.25, -0.2) is 0 Å². The minimum atomic E-state index is -0.421. The van der Waals surface area contributed by atoms with Crippen molar-refractivity contribution in [1.29, 1.82) is 0 Å². The van der Waals surface area contributed by atoms with Crippen LogP contribution in [-0.4, -0.2) is 18.0 Å². The third-order valence-electron chi connectivity index (χ3n) is 3.86. The highest BCUT2D eigenvalue weighted by Gasteiger charge is 2.28. The summed E-state index contributed by atoms with van der Waals surface area (Å²) in [5.41, 5.74) is 9.22. The van der Waals surface area contributed by atoms with E-state index in [-0.39, 0.29) is 5.92 Å². The third-order valence-corrected chi connectivity index (χ3v) is 3.86. The van der Waals surface area contributed by atoms with Crippen molar-refractivity contribution in [1.82, 2.24) is 4.98 Å². The molecule has 2 N–H and O–H groups in total. The van der Waals surface area contributed by atoms with E-state index in [1.54, 1.807) is 25.4 Å². The van der Waals surface area contributed by atoms with Gasteiger partial charge in [-0.05, 0) is 48.2 Å². The van der Waals surface area contributed by atoms with Crippen molar-refractivity contribution in [2.24, 2.45) is 5.73 Å². The number of fused-ring (bicyclic) bond motifs is 1. The Kier molecular flexibility index (Phi) is 3.14. The van der Waals surface area contributed by atoms with E-state index in [1.165, 1.54) is 11.1 Å². The van der Waals surface area contributed by atoms with Crippen LogP contribution in [0.3, 0.4) is 0 Å². The Bertz CT molecular complexity index is 667. The van der Waals surface area contributed by atoms with Gasteiger partial charge in [0.25, 0.3) is 5.91 Å². The van der Waals surface area contributed by atoms with Gasteiger partial charge in [0.2, 0.25) is 0 Å². The number of carbonyl (C=O) groups excluding carboxylic acids is 1. The Balaban J connectivity index is 2.05. The lowest BCUT2D eigenvalue weighted by atomic mass is 9.93. The molecule has 1 aliphatic rings.